The highest BCUT2D eigenvalue weighted by Gasteiger charge is 2.15. The fourth-order valence-electron chi connectivity index (χ4n) is 1.57. The van der Waals surface area contributed by atoms with E-state index in [1.165, 1.54) is 18.0 Å². The van der Waals surface area contributed by atoms with E-state index in [4.69, 9.17) is 23.2 Å². The fourth-order valence-corrected chi connectivity index (χ4v) is 2.47. The van der Waals surface area contributed by atoms with Gasteiger partial charge in [0.25, 0.3) is 5.91 Å². The Morgan fingerprint density at radius 3 is 2.76 bits per heavy atom. The molecule has 4 nitrogen and oxygen atoms in total. The van der Waals surface area contributed by atoms with Gasteiger partial charge in [-0.05, 0) is 30.4 Å². The quantitative estimate of drug-likeness (QED) is 0.659. The number of carbonyl (C=O) groups is 1. The molecule has 0 fully saturated rings. The summed E-state index contributed by atoms with van der Waals surface area (Å²) in [6, 6.07) is 5.29. The Labute approximate surface area is 137 Å². The molecule has 1 N–H and O–H groups in total. The number of thioether (sulfide) groups is 1. The number of anilines is 1. The van der Waals surface area contributed by atoms with Crippen LogP contribution in [-0.4, -0.2) is 21.6 Å². The average Bonchev–Trinajstić information content (AvgIpc) is 2.45. The molecule has 0 saturated carbocycles. The van der Waals surface area contributed by atoms with Crippen LogP contribution in [0.25, 0.3) is 0 Å². The first-order chi connectivity index (χ1) is 10.0. The molecule has 0 atom stereocenters. The minimum atomic E-state index is -0.389. The summed E-state index contributed by atoms with van der Waals surface area (Å²) in [4.78, 5) is 20.5. The molecule has 1 amide bonds. The predicted octanol–water partition coefficient (Wildman–Crippen LogP) is 4.46. The third-order valence-corrected chi connectivity index (χ3v) is 4.07. The number of nitrogens with one attached hydrogen (secondary N) is 1. The summed E-state index contributed by atoms with van der Waals surface area (Å²) in [6.45, 7) is 3.88. The zero-order valence-corrected chi connectivity index (χ0v) is 13.8. The van der Waals surface area contributed by atoms with Gasteiger partial charge in [-0.3, -0.25) is 4.79 Å². The number of halogens is 2. The molecule has 0 saturated heterocycles. The second-order valence-electron chi connectivity index (χ2n) is 4.20. The Balaban J connectivity index is 2.23. The lowest BCUT2D eigenvalue weighted by molar-refractivity contribution is 0.102. The summed E-state index contributed by atoms with van der Waals surface area (Å²) in [6.07, 6.45) is 1.43. The molecule has 0 aliphatic rings. The van der Waals surface area contributed by atoms with Crippen LogP contribution in [0.3, 0.4) is 0 Å². The van der Waals surface area contributed by atoms with Crippen molar-refractivity contribution in [2.24, 2.45) is 0 Å². The molecule has 0 unspecified atom stereocenters. The van der Waals surface area contributed by atoms with E-state index in [1.807, 2.05) is 19.9 Å². The van der Waals surface area contributed by atoms with Crippen molar-refractivity contribution in [3.05, 3.63) is 45.7 Å². The summed E-state index contributed by atoms with van der Waals surface area (Å²) in [5.41, 5.74) is 1.69. The van der Waals surface area contributed by atoms with Gasteiger partial charge < -0.3 is 5.32 Å². The maximum absolute atomic E-state index is 12.2. The van der Waals surface area contributed by atoms with Crippen LogP contribution in [0.1, 0.15) is 23.0 Å². The highest BCUT2D eigenvalue weighted by Crippen LogP contribution is 2.22. The molecular weight excluding hydrogens is 329 g/mol. The number of hydrogen-bond acceptors (Lipinski definition) is 4. The molecule has 1 aromatic heterocycles. The molecule has 0 aliphatic heterocycles. The largest absolute Gasteiger partial charge is 0.321 e. The summed E-state index contributed by atoms with van der Waals surface area (Å²) >= 11 is 13.5. The standard InChI is InChI=1S/C14H13Cl2N3OS/c1-3-21-14-17-7-11(16)12(19-14)13(20)18-9-5-4-8(2)10(15)6-9/h4-7H,3H2,1-2H3,(H,18,20). The van der Waals surface area contributed by atoms with E-state index in [9.17, 15) is 4.79 Å². The SMILES string of the molecule is CCSc1ncc(Cl)c(C(=O)Nc2ccc(C)c(Cl)c2)n1. The van der Waals surface area contributed by atoms with Gasteiger partial charge in [0.05, 0.1) is 11.2 Å². The van der Waals surface area contributed by atoms with Crippen molar-refractivity contribution < 1.29 is 4.79 Å². The van der Waals surface area contributed by atoms with Gasteiger partial charge in [0.2, 0.25) is 0 Å². The molecule has 0 spiro atoms. The van der Waals surface area contributed by atoms with Crippen LogP contribution in [0.5, 0.6) is 0 Å². The predicted molar refractivity (Wildman–Crippen MR) is 87.6 cm³/mol. The van der Waals surface area contributed by atoms with Crippen molar-refractivity contribution in [1.82, 2.24) is 9.97 Å². The third-order valence-electron chi connectivity index (χ3n) is 2.64. The Morgan fingerprint density at radius 1 is 1.33 bits per heavy atom. The van der Waals surface area contributed by atoms with Crippen LogP contribution in [0.4, 0.5) is 5.69 Å². The molecule has 0 bridgehead atoms. The van der Waals surface area contributed by atoms with Crippen LogP contribution in [-0.2, 0) is 0 Å². The van der Waals surface area contributed by atoms with Crippen LogP contribution < -0.4 is 5.32 Å². The molecule has 2 aromatic rings. The van der Waals surface area contributed by atoms with Crippen LogP contribution in [0.15, 0.2) is 29.6 Å². The van der Waals surface area contributed by atoms with Gasteiger partial charge >= 0.3 is 0 Å². The van der Waals surface area contributed by atoms with Gasteiger partial charge in [0, 0.05) is 10.7 Å². The number of amides is 1. The molecule has 1 heterocycles. The van der Waals surface area contributed by atoms with Gasteiger partial charge in [0.1, 0.15) is 0 Å². The highest BCUT2D eigenvalue weighted by atomic mass is 35.5. The van der Waals surface area contributed by atoms with Gasteiger partial charge in [-0.25, -0.2) is 9.97 Å². The van der Waals surface area contributed by atoms with Crippen molar-refractivity contribution in [1.29, 1.82) is 0 Å². The van der Waals surface area contributed by atoms with Crippen molar-refractivity contribution in [3.8, 4) is 0 Å². The molecule has 0 radical (unpaired) electrons. The zero-order valence-electron chi connectivity index (χ0n) is 11.5. The summed E-state index contributed by atoms with van der Waals surface area (Å²) in [7, 11) is 0. The van der Waals surface area contributed by atoms with Crippen LogP contribution in [0.2, 0.25) is 10.0 Å². The molecule has 21 heavy (non-hydrogen) atoms. The van der Waals surface area contributed by atoms with Crippen molar-refractivity contribution in [3.63, 3.8) is 0 Å². The summed E-state index contributed by atoms with van der Waals surface area (Å²) in [5, 5.41) is 4.05. The number of benzene rings is 1. The van der Waals surface area contributed by atoms with E-state index >= 15 is 0 Å². The highest BCUT2D eigenvalue weighted by molar-refractivity contribution is 7.99. The summed E-state index contributed by atoms with van der Waals surface area (Å²) < 4.78 is 0. The van der Waals surface area contributed by atoms with Gasteiger partial charge in [-0.15, -0.1) is 0 Å². The van der Waals surface area contributed by atoms with Crippen LogP contribution >= 0.6 is 35.0 Å². The Bertz CT molecular complexity index is 679. The smallest absolute Gasteiger partial charge is 0.275 e. The van der Waals surface area contributed by atoms with Crippen molar-refractivity contribution in [2.75, 3.05) is 11.1 Å². The Morgan fingerprint density at radius 2 is 2.10 bits per heavy atom. The number of hydrogen-bond donors (Lipinski definition) is 1. The first-order valence-corrected chi connectivity index (χ1v) is 7.98. The Kier molecular flexibility index (Phi) is 5.45. The number of carbonyl (C=O) groups excluding carboxylic acids is 1. The van der Waals surface area contributed by atoms with Crippen molar-refractivity contribution in [2.45, 2.75) is 19.0 Å². The van der Waals surface area contributed by atoms with E-state index in [2.05, 4.69) is 15.3 Å². The lowest BCUT2D eigenvalue weighted by atomic mass is 10.2. The van der Waals surface area contributed by atoms with E-state index < -0.39 is 0 Å². The lowest BCUT2D eigenvalue weighted by Crippen LogP contribution is -2.15. The summed E-state index contributed by atoms with van der Waals surface area (Å²) in [5.74, 6) is 0.427. The van der Waals surface area contributed by atoms with Crippen LogP contribution in [0, 0.1) is 6.92 Å². The number of nitrogens with zero attached hydrogens (tertiary/aromatic N) is 2. The van der Waals surface area contributed by atoms with E-state index in [0.29, 0.717) is 15.9 Å². The topological polar surface area (TPSA) is 54.9 Å². The Hall–Kier alpha value is -1.30. The monoisotopic (exact) mass is 341 g/mol. The third kappa shape index (κ3) is 4.09. The fraction of sp³-hybridized carbons (Fsp3) is 0.214. The molecule has 7 heteroatoms. The van der Waals surface area contributed by atoms with E-state index in [-0.39, 0.29) is 16.6 Å². The van der Waals surface area contributed by atoms with Gasteiger partial charge in [0.15, 0.2) is 10.9 Å². The second kappa shape index (κ2) is 7.11. The second-order valence-corrected chi connectivity index (χ2v) is 6.25. The molecule has 1 aromatic carbocycles. The average molecular weight is 342 g/mol. The lowest BCUT2D eigenvalue weighted by Gasteiger charge is -2.08. The van der Waals surface area contributed by atoms with Crippen molar-refractivity contribution >= 4 is 46.6 Å². The molecule has 0 aliphatic carbocycles. The first kappa shape index (κ1) is 16.1. The van der Waals surface area contributed by atoms with Gasteiger partial charge in [-0.2, -0.15) is 0 Å². The molecular formula is C14H13Cl2N3OS. The molecule has 110 valence electrons. The van der Waals surface area contributed by atoms with Gasteiger partial charge in [-0.1, -0.05) is 48.0 Å². The minimum absolute atomic E-state index is 0.152. The first-order valence-electron chi connectivity index (χ1n) is 6.24. The van der Waals surface area contributed by atoms with E-state index in [0.717, 1.165) is 11.3 Å². The molecule has 2 rings (SSSR count). The minimum Gasteiger partial charge on any atom is -0.321 e. The number of rotatable bonds is 4. The number of aryl methyl sites for hydroxylation is 1. The van der Waals surface area contributed by atoms with E-state index in [1.54, 1.807) is 12.1 Å². The zero-order chi connectivity index (χ0) is 15.4. The normalized spacial score (nSPS) is 10.5. The maximum atomic E-state index is 12.2. The number of aromatic nitrogens is 2. The maximum Gasteiger partial charge on any atom is 0.275 e.